The first-order valence-corrected chi connectivity index (χ1v) is 17.3. The maximum absolute atomic E-state index is 14.5. The van der Waals surface area contributed by atoms with Gasteiger partial charge >= 0.3 is 5.97 Å². The van der Waals surface area contributed by atoms with E-state index < -0.39 is 11.4 Å². The van der Waals surface area contributed by atoms with Crippen LogP contribution in [0.1, 0.15) is 95.3 Å². The van der Waals surface area contributed by atoms with Crippen molar-refractivity contribution in [1.82, 2.24) is 4.57 Å². The van der Waals surface area contributed by atoms with Gasteiger partial charge in [0.2, 0.25) is 0 Å². The van der Waals surface area contributed by atoms with E-state index in [9.17, 15) is 19.1 Å². The molecular formula is C41H49FN2O6. The molecule has 0 spiro atoms. The number of halogens is 1. The first-order valence-electron chi connectivity index (χ1n) is 17.3. The number of nitrogens with one attached hydrogen (secondary N) is 1. The summed E-state index contributed by atoms with van der Waals surface area (Å²) >= 11 is 0. The number of anilines is 1. The lowest BCUT2D eigenvalue weighted by molar-refractivity contribution is -0.301. The largest absolute Gasteiger partial charge is 0.460 e. The highest BCUT2D eigenvalue weighted by Gasteiger charge is 2.38. The predicted molar refractivity (Wildman–Crippen MR) is 193 cm³/mol. The minimum absolute atomic E-state index is 0.0730. The number of carbonyl (C=O) groups is 2. The topological polar surface area (TPSA) is 99.0 Å². The number of aliphatic hydroxyl groups excluding tert-OH is 1. The first kappa shape index (κ1) is 37.0. The first-order chi connectivity index (χ1) is 23.6. The lowest BCUT2D eigenvalue weighted by Gasteiger charge is -2.41. The average molecular weight is 685 g/mol. The molecule has 266 valence electrons. The number of esters is 1. The van der Waals surface area contributed by atoms with Crippen molar-refractivity contribution in [1.29, 1.82) is 0 Å². The van der Waals surface area contributed by atoms with Crippen LogP contribution >= 0.6 is 0 Å². The molecular weight excluding hydrogens is 635 g/mol. The highest BCUT2D eigenvalue weighted by molar-refractivity contribution is 6.12. The molecule has 0 radical (unpaired) electrons. The monoisotopic (exact) mass is 684 g/mol. The zero-order valence-electron chi connectivity index (χ0n) is 30.1. The molecule has 0 bridgehead atoms. The molecule has 5 rings (SSSR count). The highest BCUT2D eigenvalue weighted by atomic mass is 19.1. The Kier molecular flexibility index (Phi) is 11.3. The Morgan fingerprint density at radius 3 is 2.20 bits per heavy atom. The number of carbonyl (C=O) groups excluding carboxylic acids is 2. The molecule has 8 nitrogen and oxygen atoms in total. The van der Waals surface area contributed by atoms with Crippen molar-refractivity contribution in [3.05, 3.63) is 102 Å². The summed E-state index contributed by atoms with van der Waals surface area (Å²) in [5, 5.41) is 12.6. The second-order valence-electron chi connectivity index (χ2n) is 14.7. The van der Waals surface area contributed by atoms with Crippen LogP contribution in [0.15, 0.2) is 78.9 Å². The molecule has 1 aromatic heterocycles. The van der Waals surface area contributed by atoms with E-state index in [1.165, 1.54) is 12.1 Å². The number of aliphatic hydroxyl groups is 1. The molecule has 3 aromatic carbocycles. The zero-order valence-corrected chi connectivity index (χ0v) is 30.1. The van der Waals surface area contributed by atoms with Gasteiger partial charge in [-0.25, -0.2) is 4.39 Å². The number of hydrogen-bond donors (Lipinski definition) is 2. The van der Waals surface area contributed by atoms with Crippen LogP contribution in [0, 0.1) is 5.82 Å². The third-order valence-electron chi connectivity index (χ3n) is 8.57. The van der Waals surface area contributed by atoms with Crippen molar-refractivity contribution in [2.24, 2.45) is 0 Å². The Balaban J connectivity index is 1.59. The second kappa shape index (κ2) is 15.3. The molecule has 4 aromatic rings. The van der Waals surface area contributed by atoms with E-state index in [1.807, 2.05) is 65.0 Å². The number of nitrogens with zero attached hydrogens (tertiary/aromatic N) is 1. The number of hydrogen-bond acceptors (Lipinski definition) is 6. The summed E-state index contributed by atoms with van der Waals surface area (Å²) in [6, 6.07) is 23.2. The third kappa shape index (κ3) is 9.07. The SMILES string of the molecule is CC(C)c1c(C(=O)Nc2ccc(CO)cc2)c(-c2ccccc2)c(-c2ccc(F)cc2)n1CCC1CC(CC(=O)OC(C)(C)C)OC(C)(C)O1. The molecule has 50 heavy (non-hydrogen) atoms. The molecule has 2 unspecified atom stereocenters. The normalized spacial score (nSPS) is 17.5. The van der Waals surface area contributed by atoms with E-state index in [0.29, 0.717) is 30.6 Å². The summed E-state index contributed by atoms with van der Waals surface area (Å²) in [5.41, 5.74) is 5.30. The van der Waals surface area contributed by atoms with Gasteiger partial charge in [0.05, 0.1) is 36.5 Å². The van der Waals surface area contributed by atoms with Crippen LogP contribution < -0.4 is 5.32 Å². The van der Waals surface area contributed by atoms with E-state index in [4.69, 9.17) is 14.2 Å². The quantitative estimate of drug-likeness (QED) is 0.153. The van der Waals surface area contributed by atoms with Gasteiger partial charge in [-0.15, -0.1) is 0 Å². The molecule has 1 fully saturated rings. The van der Waals surface area contributed by atoms with Crippen LogP contribution in [0.4, 0.5) is 10.1 Å². The second-order valence-corrected chi connectivity index (χ2v) is 14.7. The number of benzene rings is 3. The van der Waals surface area contributed by atoms with Crippen LogP contribution in [-0.2, 0) is 32.2 Å². The molecule has 0 saturated carbocycles. The lowest BCUT2D eigenvalue weighted by atomic mass is 9.94. The van der Waals surface area contributed by atoms with Gasteiger partial charge in [-0.05, 0) is 100 Å². The minimum Gasteiger partial charge on any atom is -0.460 e. The molecule has 2 heterocycles. The van der Waals surface area contributed by atoms with Crippen molar-refractivity contribution in [2.75, 3.05) is 5.32 Å². The van der Waals surface area contributed by atoms with Crippen LogP contribution in [0.2, 0.25) is 0 Å². The van der Waals surface area contributed by atoms with Gasteiger partial charge < -0.3 is 29.2 Å². The number of aromatic nitrogens is 1. The van der Waals surface area contributed by atoms with Crippen LogP contribution in [0.5, 0.6) is 0 Å². The molecule has 1 aliphatic rings. The summed E-state index contributed by atoms with van der Waals surface area (Å²) in [7, 11) is 0. The molecule has 9 heteroatoms. The summed E-state index contributed by atoms with van der Waals surface area (Å²) in [4.78, 5) is 27.2. The molecule has 1 aliphatic heterocycles. The van der Waals surface area contributed by atoms with Crippen LogP contribution in [0.25, 0.3) is 22.4 Å². The number of amides is 1. The molecule has 1 saturated heterocycles. The fourth-order valence-corrected chi connectivity index (χ4v) is 6.74. The standard InChI is InChI=1S/C41H49FN2O6/c1-26(2)37-36(39(47)43-31-19-13-27(25-45)14-20-31)35(28-11-9-8-10-12-28)38(29-15-17-30(42)18-16-29)44(37)22-21-32-23-33(49-41(6,7)48-32)24-34(46)50-40(3,4)5/h8-20,26,32-33,45H,21-25H2,1-7H3,(H,43,47). The Hall–Kier alpha value is -4.31. The van der Waals surface area contributed by atoms with Gasteiger partial charge in [0.15, 0.2) is 5.79 Å². The molecule has 2 atom stereocenters. The Morgan fingerprint density at radius 2 is 1.60 bits per heavy atom. The lowest BCUT2D eigenvalue weighted by Crippen LogP contribution is -2.46. The molecule has 0 aliphatic carbocycles. The highest BCUT2D eigenvalue weighted by Crippen LogP contribution is 2.43. The van der Waals surface area contributed by atoms with Crippen LogP contribution in [-0.4, -0.2) is 45.1 Å². The average Bonchev–Trinajstić information content (AvgIpc) is 3.39. The van der Waals surface area contributed by atoms with E-state index in [-0.39, 0.29) is 48.8 Å². The Bertz CT molecular complexity index is 1770. The van der Waals surface area contributed by atoms with Gasteiger partial charge in [-0.2, -0.15) is 0 Å². The van der Waals surface area contributed by atoms with Crippen molar-refractivity contribution in [2.45, 2.75) is 110 Å². The van der Waals surface area contributed by atoms with Crippen LogP contribution in [0.3, 0.4) is 0 Å². The van der Waals surface area contributed by atoms with E-state index in [2.05, 4.69) is 23.7 Å². The van der Waals surface area contributed by atoms with E-state index in [0.717, 1.165) is 33.6 Å². The van der Waals surface area contributed by atoms with Crippen molar-refractivity contribution in [3.63, 3.8) is 0 Å². The van der Waals surface area contributed by atoms with E-state index >= 15 is 0 Å². The van der Waals surface area contributed by atoms with Crippen molar-refractivity contribution in [3.8, 4) is 22.4 Å². The summed E-state index contributed by atoms with van der Waals surface area (Å²) in [5.74, 6) is -1.93. The van der Waals surface area contributed by atoms with Gasteiger partial charge in [-0.3, -0.25) is 9.59 Å². The fraction of sp³-hybridized carbons (Fsp3) is 0.415. The van der Waals surface area contributed by atoms with Gasteiger partial charge in [-0.1, -0.05) is 56.3 Å². The van der Waals surface area contributed by atoms with Crippen molar-refractivity contribution < 1.29 is 33.3 Å². The summed E-state index contributed by atoms with van der Waals surface area (Å²) in [6.07, 6.45) is 0.539. The number of rotatable bonds is 11. The third-order valence-corrected chi connectivity index (χ3v) is 8.57. The van der Waals surface area contributed by atoms with Gasteiger partial charge in [0.1, 0.15) is 11.4 Å². The van der Waals surface area contributed by atoms with E-state index in [1.54, 1.807) is 36.4 Å². The van der Waals surface area contributed by atoms with Crippen molar-refractivity contribution >= 4 is 17.6 Å². The van der Waals surface area contributed by atoms with Gasteiger partial charge in [0, 0.05) is 29.9 Å². The minimum atomic E-state index is -0.918. The molecule has 2 N–H and O–H groups in total. The maximum atomic E-state index is 14.5. The number of ether oxygens (including phenoxy) is 3. The summed E-state index contributed by atoms with van der Waals surface area (Å²) < 4.78 is 34.6. The smallest absolute Gasteiger partial charge is 0.308 e. The van der Waals surface area contributed by atoms with Gasteiger partial charge in [0.25, 0.3) is 5.91 Å². The zero-order chi connectivity index (χ0) is 36.2. The predicted octanol–water partition coefficient (Wildman–Crippen LogP) is 8.86. The Morgan fingerprint density at radius 1 is 0.960 bits per heavy atom. The fourth-order valence-electron chi connectivity index (χ4n) is 6.74. The molecule has 1 amide bonds. The maximum Gasteiger partial charge on any atom is 0.308 e. The summed E-state index contributed by atoms with van der Waals surface area (Å²) in [6.45, 7) is 13.7. The Labute approximate surface area is 294 Å².